The first-order chi connectivity index (χ1) is 8.33. The number of hydrogen-bond acceptors (Lipinski definition) is 5. The molecular formula is C12H11NO3S. The van der Waals surface area contributed by atoms with Crippen LogP contribution in [-0.2, 0) is 6.61 Å². The van der Waals surface area contributed by atoms with E-state index in [0.29, 0.717) is 23.7 Å². The Labute approximate surface area is 103 Å². The Morgan fingerprint density at radius 3 is 3.00 bits per heavy atom. The molecule has 0 spiro atoms. The maximum absolute atomic E-state index is 10.9. The van der Waals surface area contributed by atoms with Crippen LogP contribution in [0.3, 0.4) is 0 Å². The lowest BCUT2D eigenvalue weighted by atomic mass is 10.2. The molecule has 0 amide bonds. The molecule has 0 atom stereocenters. The number of thiazole rings is 1. The number of rotatable bonds is 5. The largest absolute Gasteiger partial charge is 0.497 e. The molecular weight excluding hydrogens is 238 g/mol. The van der Waals surface area contributed by atoms with Crippen molar-refractivity contribution < 1.29 is 14.3 Å². The molecule has 1 aromatic carbocycles. The van der Waals surface area contributed by atoms with E-state index in [2.05, 4.69) is 4.98 Å². The molecule has 17 heavy (non-hydrogen) atoms. The first-order valence-corrected chi connectivity index (χ1v) is 5.86. The predicted molar refractivity (Wildman–Crippen MR) is 64.8 cm³/mol. The number of carbonyl (C=O) groups excluding carboxylic acids is 1. The van der Waals surface area contributed by atoms with Gasteiger partial charge in [-0.2, -0.15) is 0 Å². The molecule has 0 saturated carbocycles. The topological polar surface area (TPSA) is 48.4 Å². The van der Waals surface area contributed by atoms with Gasteiger partial charge in [0.25, 0.3) is 0 Å². The summed E-state index contributed by atoms with van der Waals surface area (Å²) in [4.78, 5) is 15.0. The lowest BCUT2D eigenvalue weighted by Gasteiger charge is -2.08. The smallest absolute Gasteiger partial charge is 0.153 e. The number of methoxy groups -OCH3 is 1. The van der Waals surface area contributed by atoms with Crippen LogP contribution >= 0.6 is 11.3 Å². The number of hydrogen-bond donors (Lipinski definition) is 0. The van der Waals surface area contributed by atoms with Gasteiger partial charge in [-0.1, -0.05) is 0 Å². The van der Waals surface area contributed by atoms with E-state index >= 15 is 0 Å². The second kappa shape index (κ2) is 5.45. The van der Waals surface area contributed by atoms with Crippen LogP contribution in [0, 0.1) is 0 Å². The van der Waals surface area contributed by atoms with Gasteiger partial charge in [-0.15, -0.1) is 11.3 Å². The van der Waals surface area contributed by atoms with E-state index in [0.717, 1.165) is 11.3 Å². The van der Waals surface area contributed by atoms with Gasteiger partial charge >= 0.3 is 0 Å². The van der Waals surface area contributed by atoms with Crippen molar-refractivity contribution in [3.8, 4) is 11.5 Å². The van der Waals surface area contributed by atoms with Crippen LogP contribution in [0.5, 0.6) is 11.5 Å². The van der Waals surface area contributed by atoms with Gasteiger partial charge in [0.15, 0.2) is 6.29 Å². The summed E-state index contributed by atoms with van der Waals surface area (Å²) in [7, 11) is 1.56. The molecule has 0 aliphatic rings. The van der Waals surface area contributed by atoms with Crippen LogP contribution in [0.2, 0.25) is 0 Å². The average Bonchev–Trinajstić information content (AvgIpc) is 2.89. The van der Waals surface area contributed by atoms with Crippen molar-refractivity contribution in [3.05, 3.63) is 40.3 Å². The highest BCUT2D eigenvalue weighted by molar-refractivity contribution is 7.09. The summed E-state index contributed by atoms with van der Waals surface area (Å²) in [6.45, 7) is 0.366. The Bertz CT molecular complexity index is 496. The fourth-order valence-electron chi connectivity index (χ4n) is 1.34. The Hall–Kier alpha value is -1.88. The summed E-state index contributed by atoms with van der Waals surface area (Å²) in [5.74, 6) is 1.17. The van der Waals surface area contributed by atoms with Gasteiger partial charge in [-0.25, -0.2) is 4.98 Å². The molecule has 0 fully saturated rings. The maximum atomic E-state index is 10.9. The highest BCUT2D eigenvalue weighted by Crippen LogP contribution is 2.23. The van der Waals surface area contributed by atoms with Gasteiger partial charge < -0.3 is 9.47 Å². The summed E-state index contributed by atoms with van der Waals surface area (Å²) in [6.07, 6.45) is 2.47. The van der Waals surface area contributed by atoms with Crippen molar-refractivity contribution in [2.75, 3.05) is 7.11 Å². The Kier molecular flexibility index (Phi) is 3.72. The first-order valence-electron chi connectivity index (χ1n) is 4.98. The molecule has 0 aliphatic carbocycles. The third kappa shape index (κ3) is 2.82. The second-order valence-electron chi connectivity index (χ2n) is 3.24. The van der Waals surface area contributed by atoms with Crippen LogP contribution in [0.4, 0.5) is 0 Å². The average molecular weight is 249 g/mol. The van der Waals surface area contributed by atoms with Crippen LogP contribution in [0.25, 0.3) is 0 Å². The summed E-state index contributed by atoms with van der Waals surface area (Å²) >= 11 is 1.51. The van der Waals surface area contributed by atoms with E-state index < -0.39 is 0 Å². The molecule has 2 aromatic rings. The monoisotopic (exact) mass is 249 g/mol. The van der Waals surface area contributed by atoms with E-state index in [9.17, 15) is 4.79 Å². The lowest BCUT2D eigenvalue weighted by molar-refractivity contribution is 0.111. The zero-order valence-corrected chi connectivity index (χ0v) is 10.1. The molecule has 0 N–H and O–H groups in total. The van der Waals surface area contributed by atoms with Crippen molar-refractivity contribution in [2.24, 2.45) is 0 Å². The third-order valence-corrected chi connectivity index (χ3v) is 2.93. The minimum atomic E-state index is 0.366. The zero-order chi connectivity index (χ0) is 12.1. The Morgan fingerprint density at radius 2 is 2.35 bits per heavy atom. The highest BCUT2D eigenvalue weighted by Gasteiger charge is 2.06. The van der Waals surface area contributed by atoms with Gasteiger partial charge in [-0.05, 0) is 18.2 Å². The molecule has 1 aromatic heterocycles. The summed E-state index contributed by atoms with van der Waals surface area (Å²) < 4.78 is 10.6. The number of benzene rings is 1. The van der Waals surface area contributed by atoms with Crippen LogP contribution in [-0.4, -0.2) is 18.4 Å². The number of ether oxygens (including phenoxy) is 2. The van der Waals surface area contributed by atoms with Crippen molar-refractivity contribution in [3.63, 3.8) is 0 Å². The summed E-state index contributed by atoms with van der Waals surface area (Å²) in [5.41, 5.74) is 0.473. The summed E-state index contributed by atoms with van der Waals surface area (Å²) in [6, 6.07) is 5.12. The molecule has 0 unspecified atom stereocenters. The van der Waals surface area contributed by atoms with Crippen LogP contribution in [0.1, 0.15) is 15.4 Å². The van der Waals surface area contributed by atoms with Crippen LogP contribution in [0.15, 0.2) is 29.8 Å². The Morgan fingerprint density at radius 1 is 1.47 bits per heavy atom. The molecule has 0 radical (unpaired) electrons. The standard InChI is InChI=1S/C12H11NO3S/c1-15-10-2-3-11(9(6-10)7-14)16-8-12-13-4-5-17-12/h2-7H,8H2,1H3. The van der Waals surface area contributed by atoms with Gasteiger partial charge in [-0.3, -0.25) is 4.79 Å². The van der Waals surface area contributed by atoms with Gasteiger partial charge in [0.05, 0.1) is 12.7 Å². The first kappa shape index (κ1) is 11.6. The van der Waals surface area contributed by atoms with E-state index in [1.807, 2.05) is 5.38 Å². The van der Waals surface area contributed by atoms with Gasteiger partial charge in [0, 0.05) is 11.6 Å². The number of carbonyl (C=O) groups is 1. The summed E-state index contributed by atoms with van der Waals surface area (Å²) in [5, 5.41) is 2.76. The number of aromatic nitrogens is 1. The van der Waals surface area contributed by atoms with E-state index in [1.54, 1.807) is 31.5 Å². The normalized spacial score (nSPS) is 9.94. The second-order valence-corrected chi connectivity index (χ2v) is 4.22. The van der Waals surface area contributed by atoms with Crippen molar-refractivity contribution in [1.29, 1.82) is 0 Å². The van der Waals surface area contributed by atoms with E-state index in [1.165, 1.54) is 11.3 Å². The van der Waals surface area contributed by atoms with Gasteiger partial charge in [0.1, 0.15) is 23.1 Å². The molecule has 0 aliphatic heterocycles. The SMILES string of the molecule is COc1ccc(OCc2nccs2)c(C=O)c1. The lowest BCUT2D eigenvalue weighted by Crippen LogP contribution is -1.98. The fraction of sp³-hybridized carbons (Fsp3) is 0.167. The molecule has 2 rings (SSSR count). The van der Waals surface area contributed by atoms with Crippen molar-refractivity contribution in [1.82, 2.24) is 4.98 Å². The van der Waals surface area contributed by atoms with Crippen LogP contribution < -0.4 is 9.47 Å². The minimum absolute atomic E-state index is 0.366. The highest BCUT2D eigenvalue weighted by atomic mass is 32.1. The number of aldehydes is 1. The molecule has 1 heterocycles. The Balaban J connectivity index is 2.12. The molecule has 5 heteroatoms. The molecule has 0 bridgehead atoms. The van der Waals surface area contributed by atoms with E-state index in [4.69, 9.17) is 9.47 Å². The van der Waals surface area contributed by atoms with Crippen molar-refractivity contribution in [2.45, 2.75) is 6.61 Å². The minimum Gasteiger partial charge on any atom is -0.497 e. The van der Waals surface area contributed by atoms with Crippen molar-refractivity contribution >= 4 is 17.6 Å². The fourth-order valence-corrected chi connectivity index (χ4v) is 1.87. The predicted octanol–water partition coefficient (Wildman–Crippen LogP) is 2.54. The number of nitrogens with zero attached hydrogens (tertiary/aromatic N) is 1. The molecule has 4 nitrogen and oxygen atoms in total. The maximum Gasteiger partial charge on any atom is 0.153 e. The quantitative estimate of drug-likeness (QED) is 0.764. The molecule has 0 saturated heterocycles. The van der Waals surface area contributed by atoms with E-state index in [-0.39, 0.29) is 0 Å². The molecule has 88 valence electrons. The third-order valence-electron chi connectivity index (χ3n) is 2.18. The van der Waals surface area contributed by atoms with Gasteiger partial charge in [0.2, 0.25) is 0 Å². The zero-order valence-electron chi connectivity index (χ0n) is 9.25.